The quantitative estimate of drug-likeness (QED) is 0.926. The van der Waals surface area contributed by atoms with Gasteiger partial charge in [0, 0.05) is 23.5 Å². The Morgan fingerprint density at radius 2 is 2.10 bits per heavy atom. The SMILES string of the molecule is CC(=O)N1CCCC1C(=O)N[C@@H](C)c1ccc(Cl)cc1Cl. The van der Waals surface area contributed by atoms with E-state index >= 15 is 0 Å². The Bertz CT molecular complexity index is 563. The van der Waals surface area contributed by atoms with E-state index in [2.05, 4.69) is 5.32 Å². The molecule has 2 rings (SSSR count). The van der Waals surface area contributed by atoms with Gasteiger partial charge in [-0.2, -0.15) is 0 Å². The van der Waals surface area contributed by atoms with Gasteiger partial charge in [0.1, 0.15) is 6.04 Å². The highest BCUT2D eigenvalue weighted by Crippen LogP contribution is 2.27. The van der Waals surface area contributed by atoms with E-state index in [1.54, 1.807) is 23.1 Å². The molecule has 114 valence electrons. The summed E-state index contributed by atoms with van der Waals surface area (Å²) in [6.07, 6.45) is 1.56. The molecule has 4 nitrogen and oxygen atoms in total. The molecule has 2 amide bonds. The average Bonchev–Trinajstić information content (AvgIpc) is 2.87. The summed E-state index contributed by atoms with van der Waals surface area (Å²) in [5.74, 6) is -0.203. The fourth-order valence-electron chi connectivity index (χ4n) is 2.66. The van der Waals surface area contributed by atoms with Crippen molar-refractivity contribution in [1.82, 2.24) is 10.2 Å². The van der Waals surface area contributed by atoms with Crippen LogP contribution >= 0.6 is 23.2 Å². The van der Waals surface area contributed by atoms with Gasteiger partial charge in [0.25, 0.3) is 0 Å². The van der Waals surface area contributed by atoms with Crippen LogP contribution in [0.1, 0.15) is 38.3 Å². The number of rotatable bonds is 3. The zero-order valence-corrected chi connectivity index (χ0v) is 13.5. The third-order valence-electron chi connectivity index (χ3n) is 3.75. The fourth-order valence-corrected chi connectivity index (χ4v) is 3.23. The molecular formula is C15H18Cl2N2O2. The van der Waals surface area contributed by atoms with Crippen LogP contribution in [0.4, 0.5) is 0 Å². The second kappa shape index (κ2) is 6.67. The Morgan fingerprint density at radius 3 is 2.71 bits per heavy atom. The van der Waals surface area contributed by atoms with Crippen molar-refractivity contribution in [3.8, 4) is 0 Å². The van der Waals surface area contributed by atoms with Crippen molar-refractivity contribution in [2.75, 3.05) is 6.54 Å². The molecule has 0 aliphatic carbocycles. The van der Waals surface area contributed by atoms with E-state index in [-0.39, 0.29) is 23.9 Å². The van der Waals surface area contributed by atoms with Crippen molar-refractivity contribution in [3.05, 3.63) is 33.8 Å². The zero-order valence-electron chi connectivity index (χ0n) is 12.0. The normalized spacial score (nSPS) is 19.4. The number of amides is 2. The van der Waals surface area contributed by atoms with Crippen molar-refractivity contribution < 1.29 is 9.59 Å². The molecule has 1 aromatic rings. The Balaban J connectivity index is 2.06. The summed E-state index contributed by atoms with van der Waals surface area (Å²) in [6, 6.07) is 4.57. The summed E-state index contributed by atoms with van der Waals surface area (Å²) in [7, 11) is 0. The Labute approximate surface area is 134 Å². The standard InChI is InChI=1S/C15H18Cl2N2O2/c1-9(12-6-5-11(16)8-13(12)17)18-15(21)14-4-3-7-19(14)10(2)20/h5-6,8-9,14H,3-4,7H2,1-2H3,(H,18,21)/t9-,14?/m0/s1. The smallest absolute Gasteiger partial charge is 0.243 e. The maximum atomic E-state index is 12.3. The molecule has 21 heavy (non-hydrogen) atoms. The lowest BCUT2D eigenvalue weighted by molar-refractivity contribution is -0.137. The minimum absolute atomic E-state index is 0.0650. The first-order valence-electron chi connectivity index (χ1n) is 6.92. The van der Waals surface area contributed by atoms with Gasteiger partial charge in [0.2, 0.25) is 11.8 Å². The molecule has 1 aromatic carbocycles. The molecule has 1 heterocycles. The number of carbonyl (C=O) groups excluding carboxylic acids is 2. The summed E-state index contributed by atoms with van der Waals surface area (Å²) in [5, 5.41) is 4.00. The highest BCUT2D eigenvalue weighted by molar-refractivity contribution is 6.35. The van der Waals surface area contributed by atoms with E-state index in [0.29, 0.717) is 23.0 Å². The molecule has 1 aliphatic heterocycles. The van der Waals surface area contributed by atoms with Gasteiger partial charge in [0.15, 0.2) is 0 Å². The monoisotopic (exact) mass is 328 g/mol. The number of halogens is 2. The van der Waals surface area contributed by atoms with Gasteiger partial charge in [-0.3, -0.25) is 9.59 Å². The lowest BCUT2D eigenvalue weighted by atomic mass is 10.1. The summed E-state index contributed by atoms with van der Waals surface area (Å²) in [5.41, 5.74) is 0.807. The van der Waals surface area contributed by atoms with E-state index in [4.69, 9.17) is 23.2 Å². The van der Waals surface area contributed by atoms with Crippen LogP contribution in [0.3, 0.4) is 0 Å². The minimum Gasteiger partial charge on any atom is -0.348 e. The van der Waals surface area contributed by atoms with E-state index < -0.39 is 0 Å². The van der Waals surface area contributed by atoms with Crippen molar-refractivity contribution in [2.24, 2.45) is 0 Å². The topological polar surface area (TPSA) is 49.4 Å². The number of nitrogens with zero attached hydrogens (tertiary/aromatic N) is 1. The minimum atomic E-state index is -0.379. The average molecular weight is 329 g/mol. The molecule has 0 saturated carbocycles. The largest absolute Gasteiger partial charge is 0.348 e. The molecule has 0 radical (unpaired) electrons. The van der Waals surface area contributed by atoms with Crippen LogP contribution in [-0.4, -0.2) is 29.3 Å². The van der Waals surface area contributed by atoms with E-state index in [1.807, 2.05) is 6.92 Å². The highest BCUT2D eigenvalue weighted by Gasteiger charge is 2.33. The lowest BCUT2D eigenvalue weighted by Crippen LogP contribution is -2.45. The van der Waals surface area contributed by atoms with Crippen LogP contribution in [0.15, 0.2) is 18.2 Å². The third-order valence-corrected chi connectivity index (χ3v) is 4.31. The van der Waals surface area contributed by atoms with Gasteiger partial charge >= 0.3 is 0 Å². The lowest BCUT2D eigenvalue weighted by Gasteiger charge is -2.24. The first kappa shape index (κ1) is 16.1. The van der Waals surface area contributed by atoms with Gasteiger partial charge in [-0.1, -0.05) is 29.3 Å². The van der Waals surface area contributed by atoms with Crippen LogP contribution in [-0.2, 0) is 9.59 Å². The Hall–Kier alpha value is -1.26. The maximum Gasteiger partial charge on any atom is 0.243 e. The summed E-state index contributed by atoms with van der Waals surface area (Å²) in [4.78, 5) is 25.5. The molecule has 1 N–H and O–H groups in total. The predicted molar refractivity (Wildman–Crippen MR) is 83.4 cm³/mol. The number of hydrogen-bond acceptors (Lipinski definition) is 2. The van der Waals surface area contributed by atoms with Crippen molar-refractivity contribution in [1.29, 1.82) is 0 Å². The first-order valence-corrected chi connectivity index (χ1v) is 7.68. The Kier molecular flexibility index (Phi) is 5.12. The molecule has 1 aliphatic rings. The zero-order chi connectivity index (χ0) is 15.6. The summed E-state index contributed by atoms with van der Waals surface area (Å²) in [6.45, 7) is 3.99. The second-order valence-electron chi connectivity index (χ2n) is 5.27. The Morgan fingerprint density at radius 1 is 1.38 bits per heavy atom. The van der Waals surface area contributed by atoms with Crippen molar-refractivity contribution in [3.63, 3.8) is 0 Å². The molecule has 6 heteroatoms. The third kappa shape index (κ3) is 3.69. The van der Waals surface area contributed by atoms with Crippen LogP contribution in [0.25, 0.3) is 0 Å². The molecule has 2 atom stereocenters. The molecule has 1 fully saturated rings. The van der Waals surface area contributed by atoms with E-state index in [1.165, 1.54) is 6.92 Å². The molecule has 0 spiro atoms. The number of benzene rings is 1. The summed E-state index contributed by atoms with van der Waals surface area (Å²) >= 11 is 12.0. The maximum absolute atomic E-state index is 12.3. The predicted octanol–water partition coefficient (Wildman–Crippen LogP) is 3.18. The van der Waals surface area contributed by atoms with Crippen molar-refractivity contribution >= 4 is 35.0 Å². The molecule has 0 bridgehead atoms. The van der Waals surface area contributed by atoms with Crippen molar-refractivity contribution in [2.45, 2.75) is 38.8 Å². The van der Waals surface area contributed by atoms with E-state index in [9.17, 15) is 9.59 Å². The molecular weight excluding hydrogens is 311 g/mol. The number of likely N-dealkylation sites (tertiary alicyclic amines) is 1. The molecule has 1 saturated heterocycles. The van der Waals surface area contributed by atoms with E-state index in [0.717, 1.165) is 12.0 Å². The highest BCUT2D eigenvalue weighted by atomic mass is 35.5. The number of nitrogens with one attached hydrogen (secondary N) is 1. The second-order valence-corrected chi connectivity index (χ2v) is 6.11. The molecule has 1 unspecified atom stereocenters. The van der Waals surface area contributed by atoms with Gasteiger partial charge < -0.3 is 10.2 Å². The first-order chi connectivity index (χ1) is 9.90. The number of hydrogen-bond donors (Lipinski definition) is 1. The van der Waals surface area contributed by atoms with Crippen LogP contribution < -0.4 is 5.32 Å². The van der Waals surface area contributed by atoms with Crippen LogP contribution in [0, 0.1) is 0 Å². The van der Waals surface area contributed by atoms with Crippen LogP contribution in [0.2, 0.25) is 10.0 Å². The molecule has 0 aromatic heterocycles. The van der Waals surface area contributed by atoms with Gasteiger partial charge in [-0.15, -0.1) is 0 Å². The van der Waals surface area contributed by atoms with Crippen LogP contribution in [0.5, 0.6) is 0 Å². The van der Waals surface area contributed by atoms with Gasteiger partial charge in [-0.25, -0.2) is 0 Å². The number of carbonyl (C=O) groups is 2. The van der Waals surface area contributed by atoms with Gasteiger partial charge in [0.05, 0.1) is 6.04 Å². The summed E-state index contributed by atoms with van der Waals surface area (Å²) < 4.78 is 0. The fraction of sp³-hybridized carbons (Fsp3) is 0.467. The van der Waals surface area contributed by atoms with Gasteiger partial charge in [-0.05, 0) is 37.5 Å².